The van der Waals surface area contributed by atoms with E-state index in [2.05, 4.69) is 5.32 Å². The molecule has 19 heavy (non-hydrogen) atoms. The number of nitrogens with one attached hydrogen (secondary N) is 1. The standard InChI is InChI=1S/C13H15FN2O2S/c14-13-10(7-15)3-1-4-11(13)8-16-12-5-2-6-19(17,18)9-12/h1,3-4,12,16H,2,5-6,8-9H2. The van der Waals surface area contributed by atoms with Crippen molar-refractivity contribution in [3.63, 3.8) is 0 Å². The second-order valence-electron chi connectivity index (χ2n) is 4.72. The molecule has 102 valence electrons. The summed E-state index contributed by atoms with van der Waals surface area (Å²) in [4.78, 5) is 0. The van der Waals surface area contributed by atoms with E-state index in [4.69, 9.17) is 5.26 Å². The Morgan fingerprint density at radius 2 is 2.26 bits per heavy atom. The molecule has 1 heterocycles. The van der Waals surface area contributed by atoms with Gasteiger partial charge in [0.15, 0.2) is 9.84 Å². The van der Waals surface area contributed by atoms with Crippen LogP contribution in [0.2, 0.25) is 0 Å². The minimum absolute atomic E-state index is 0.00978. The molecule has 2 rings (SSSR count). The second-order valence-corrected chi connectivity index (χ2v) is 6.95. The third kappa shape index (κ3) is 3.52. The summed E-state index contributed by atoms with van der Waals surface area (Å²) in [6.45, 7) is 0.238. The average molecular weight is 282 g/mol. The van der Waals surface area contributed by atoms with Crippen LogP contribution in [0.15, 0.2) is 18.2 Å². The Morgan fingerprint density at radius 1 is 1.47 bits per heavy atom. The summed E-state index contributed by atoms with van der Waals surface area (Å²) in [6, 6.07) is 6.29. The van der Waals surface area contributed by atoms with Gasteiger partial charge in [0.25, 0.3) is 0 Å². The fourth-order valence-corrected chi connectivity index (χ4v) is 3.91. The summed E-state index contributed by atoms with van der Waals surface area (Å²) < 4.78 is 36.8. The highest BCUT2D eigenvalue weighted by molar-refractivity contribution is 7.91. The van der Waals surface area contributed by atoms with Crippen LogP contribution in [-0.2, 0) is 16.4 Å². The second kappa shape index (κ2) is 5.68. The Bertz CT molecular complexity index is 608. The van der Waals surface area contributed by atoms with Crippen molar-refractivity contribution < 1.29 is 12.8 Å². The molecule has 1 atom stereocenters. The Balaban J connectivity index is 2.02. The van der Waals surface area contributed by atoms with Crippen molar-refractivity contribution in [1.29, 1.82) is 5.26 Å². The molecule has 0 saturated carbocycles. The fraction of sp³-hybridized carbons (Fsp3) is 0.462. The van der Waals surface area contributed by atoms with Crippen molar-refractivity contribution in [1.82, 2.24) is 5.32 Å². The van der Waals surface area contributed by atoms with Crippen molar-refractivity contribution in [2.24, 2.45) is 0 Å². The Labute approximate surface area is 112 Å². The molecule has 1 unspecified atom stereocenters. The molecule has 1 fully saturated rings. The number of sulfone groups is 1. The van der Waals surface area contributed by atoms with Crippen LogP contribution in [0, 0.1) is 17.1 Å². The Kier molecular flexibility index (Phi) is 4.17. The van der Waals surface area contributed by atoms with Crippen LogP contribution < -0.4 is 5.32 Å². The van der Waals surface area contributed by atoms with Crippen molar-refractivity contribution >= 4 is 9.84 Å². The van der Waals surface area contributed by atoms with Gasteiger partial charge in [-0.05, 0) is 18.9 Å². The van der Waals surface area contributed by atoms with Crippen LogP contribution in [0.1, 0.15) is 24.0 Å². The first-order chi connectivity index (χ1) is 9.02. The first kappa shape index (κ1) is 14.0. The van der Waals surface area contributed by atoms with Crippen LogP contribution in [-0.4, -0.2) is 26.0 Å². The molecule has 1 aromatic carbocycles. The summed E-state index contributed by atoms with van der Waals surface area (Å²) in [5.41, 5.74) is 0.401. The van der Waals surface area contributed by atoms with E-state index in [-0.39, 0.29) is 29.7 Å². The third-order valence-corrected chi connectivity index (χ3v) is 5.06. The monoisotopic (exact) mass is 282 g/mol. The first-order valence-electron chi connectivity index (χ1n) is 6.13. The SMILES string of the molecule is N#Cc1cccc(CNC2CCCS(=O)(=O)C2)c1F. The largest absolute Gasteiger partial charge is 0.309 e. The van der Waals surface area contributed by atoms with Gasteiger partial charge in [0.05, 0.1) is 17.1 Å². The van der Waals surface area contributed by atoms with Crippen molar-refractivity contribution in [3.8, 4) is 6.07 Å². The van der Waals surface area contributed by atoms with Gasteiger partial charge >= 0.3 is 0 Å². The fourth-order valence-electron chi connectivity index (χ4n) is 2.24. The lowest BCUT2D eigenvalue weighted by Gasteiger charge is -2.23. The van der Waals surface area contributed by atoms with Crippen molar-refractivity contribution in [2.45, 2.75) is 25.4 Å². The Morgan fingerprint density at radius 3 is 2.95 bits per heavy atom. The van der Waals surface area contributed by atoms with Gasteiger partial charge in [-0.1, -0.05) is 12.1 Å². The average Bonchev–Trinajstić information content (AvgIpc) is 2.36. The van der Waals surface area contributed by atoms with Gasteiger partial charge in [0.1, 0.15) is 11.9 Å². The van der Waals surface area contributed by atoms with E-state index in [1.807, 2.05) is 0 Å². The molecule has 1 aliphatic heterocycles. The van der Waals surface area contributed by atoms with E-state index in [0.29, 0.717) is 12.0 Å². The van der Waals surface area contributed by atoms with E-state index in [1.54, 1.807) is 18.2 Å². The van der Waals surface area contributed by atoms with Crippen LogP contribution >= 0.6 is 0 Å². The van der Waals surface area contributed by atoms with Gasteiger partial charge in [0.2, 0.25) is 0 Å². The normalized spacial score (nSPS) is 21.8. The number of nitrogens with zero attached hydrogens (tertiary/aromatic N) is 1. The van der Waals surface area contributed by atoms with Gasteiger partial charge < -0.3 is 5.32 Å². The highest BCUT2D eigenvalue weighted by Crippen LogP contribution is 2.15. The molecule has 0 bridgehead atoms. The molecule has 0 spiro atoms. The van der Waals surface area contributed by atoms with Crippen LogP contribution in [0.5, 0.6) is 0 Å². The van der Waals surface area contributed by atoms with Gasteiger partial charge in [-0.25, -0.2) is 12.8 Å². The molecule has 1 aromatic rings. The van der Waals surface area contributed by atoms with Crippen molar-refractivity contribution in [3.05, 3.63) is 35.1 Å². The molecule has 0 amide bonds. The van der Waals surface area contributed by atoms with Crippen LogP contribution in [0.4, 0.5) is 4.39 Å². The van der Waals surface area contributed by atoms with E-state index in [9.17, 15) is 12.8 Å². The first-order valence-corrected chi connectivity index (χ1v) is 7.95. The number of hydrogen-bond donors (Lipinski definition) is 1. The maximum Gasteiger partial charge on any atom is 0.151 e. The molecule has 1 aliphatic rings. The van der Waals surface area contributed by atoms with Crippen LogP contribution in [0.25, 0.3) is 0 Å². The number of halogens is 1. The molecule has 1 N–H and O–H groups in total. The summed E-state index contributed by atoms with van der Waals surface area (Å²) in [5.74, 6) is -0.188. The van der Waals surface area contributed by atoms with E-state index in [1.165, 1.54) is 6.07 Å². The minimum Gasteiger partial charge on any atom is -0.309 e. The van der Waals surface area contributed by atoms with Gasteiger partial charge in [-0.2, -0.15) is 5.26 Å². The van der Waals surface area contributed by atoms with E-state index in [0.717, 1.165) is 6.42 Å². The number of rotatable bonds is 3. The number of benzene rings is 1. The molecule has 1 saturated heterocycles. The molecule has 0 aliphatic carbocycles. The van der Waals surface area contributed by atoms with Gasteiger partial charge in [0, 0.05) is 18.2 Å². The van der Waals surface area contributed by atoms with E-state index < -0.39 is 15.7 Å². The quantitative estimate of drug-likeness (QED) is 0.909. The topological polar surface area (TPSA) is 70.0 Å². The summed E-state index contributed by atoms with van der Waals surface area (Å²) in [5, 5.41) is 11.8. The molecule has 4 nitrogen and oxygen atoms in total. The van der Waals surface area contributed by atoms with Gasteiger partial charge in [-0.3, -0.25) is 0 Å². The highest BCUT2D eigenvalue weighted by atomic mass is 32.2. The smallest absolute Gasteiger partial charge is 0.151 e. The van der Waals surface area contributed by atoms with Gasteiger partial charge in [-0.15, -0.1) is 0 Å². The van der Waals surface area contributed by atoms with E-state index >= 15 is 0 Å². The van der Waals surface area contributed by atoms with Crippen molar-refractivity contribution in [2.75, 3.05) is 11.5 Å². The lowest BCUT2D eigenvalue weighted by Crippen LogP contribution is -2.39. The zero-order valence-corrected chi connectivity index (χ0v) is 11.2. The van der Waals surface area contributed by atoms with Crippen LogP contribution in [0.3, 0.4) is 0 Å². The predicted octanol–water partition coefficient (Wildman–Crippen LogP) is 1.36. The molecule has 0 aromatic heterocycles. The zero-order valence-electron chi connectivity index (χ0n) is 10.4. The molecule has 0 radical (unpaired) electrons. The third-order valence-electron chi connectivity index (χ3n) is 3.24. The molecular weight excluding hydrogens is 267 g/mol. The number of nitriles is 1. The maximum absolute atomic E-state index is 13.8. The Hall–Kier alpha value is -1.45. The summed E-state index contributed by atoms with van der Waals surface area (Å²) in [6.07, 6.45) is 1.42. The predicted molar refractivity (Wildman–Crippen MR) is 69.6 cm³/mol. The maximum atomic E-state index is 13.8. The molecule has 6 heteroatoms. The molecular formula is C13H15FN2O2S. The lowest BCUT2D eigenvalue weighted by atomic mass is 10.1. The minimum atomic E-state index is -2.97. The summed E-state index contributed by atoms with van der Waals surface area (Å²) in [7, 11) is -2.97. The highest BCUT2D eigenvalue weighted by Gasteiger charge is 2.24. The zero-order chi connectivity index (χ0) is 13.9. The summed E-state index contributed by atoms with van der Waals surface area (Å²) >= 11 is 0. The lowest BCUT2D eigenvalue weighted by molar-refractivity contribution is 0.473. The number of hydrogen-bond acceptors (Lipinski definition) is 4.